The molecule has 0 aliphatic heterocycles. The Balaban J connectivity index is 1.96. The zero-order valence-corrected chi connectivity index (χ0v) is 13.6. The van der Waals surface area contributed by atoms with Gasteiger partial charge in [-0.2, -0.15) is 5.10 Å². The number of carbonyl (C=O) groups is 1. The molecule has 0 atom stereocenters. The lowest BCUT2D eigenvalue weighted by Crippen LogP contribution is -2.29. The summed E-state index contributed by atoms with van der Waals surface area (Å²) in [5, 5.41) is 13.3. The molecule has 120 valence electrons. The number of nitrogens with zero attached hydrogens (tertiary/aromatic N) is 1. The van der Waals surface area contributed by atoms with E-state index in [-0.39, 0.29) is 6.03 Å². The first kappa shape index (κ1) is 15.3. The van der Waals surface area contributed by atoms with Crippen molar-refractivity contribution >= 4 is 11.7 Å². The van der Waals surface area contributed by atoms with Crippen molar-refractivity contribution in [1.29, 1.82) is 0 Å². The van der Waals surface area contributed by atoms with E-state index in [9.17, 15) is 4.79 Å². The summed E-state index contributed by atoms with van der Waals surface area (Å²) in [4.78, 5) is 12.1. The lowest BCUT2D eigenvalue weighted by molar-refractivity contribution is 0.253. The lowest BCUT2D eigenvalue weighted by Gasteiger charge is -2.10. The highest BCUT2D eigenvalue weighted by Crippen LogP contribution is 2.45. The van der Waals surface area contributed by atoms with Gasteiger partial charge in [0.25, 0.3) is 0 Å². The molecule has 5 nitrogen and oxygen atoms in total. The van der Waals surface area contributed by atoms with Crippen LogP contribution in [0.2, 0.25) is 0 Å². The van der Waals surface area contributed by atoms with Crippen molar-refractivity contribution in [2.45, 2.75) is 32.6 Å². The monoisotopic (exact) mass is 310 g/mol. The van der Waals surface area contributed by atoms with Gasteiger partial charge in [-0.1, -0.05) is 29.8 Å². The number of urea groups is 1. The number of rotatable bonds is 5. The fraction of sp³-hybridized carbons (Fsp3) is 0.333. The third-order valence-electron chi connectivity index (χ3n) is 4.06. The van der Waals surface area contributed by atoms with Crippen LogP contribution in [0.1, 0.15) is 35.6 Å². The molecule has 0 radical (unpaired) electrons. The molecule has 1 heterocycles. The van der Waals surface area contributed by atoms with E-state index in [0.717, 1.165) is 41.0 Å². The Kier molecular flexibility index (Phi) is 4.19. The number of anilines is 1. The molecule has 5 heteroatoms. The van der Waals surface area contributed by atoms with Crippen LogP contribution in [-0.4, -0.2) is 22.8 Å². The minimum Gasteiger partial charge on any atom is -0.334 e. The van der Waals surface area contributed by atoms with Crippen LogP contribution in [0.5, 0.6) is 0 Å². The molecular weight excluding hydrogens is 288 g/mol. The summed E-state index contributed by atoms with van der Waals surface area (Å²) in [5.74, 6) is 0.469. The summed E-state index contributed by atoms with van der Waals surface area (Å²) < 4.78 is 0. The van der Waals surface area contributed by atoms with Crippen molar-refractivity contribution < 1.29 is 4.79 Å². The van der Waals surface area contributed by atoms with Crippen LogP contribution >= 0.6 is 0 Å². The van der Waals surface area contributed by atoms with Gasteiger partial charge >= 0.3 is 6.03 Å². The first-order valence-corrected chi connectivity index (χ1v) is 7.91. The summed E-state index contributed by atoms with van der Waals surface area (Å²) in [6.07, 6.45) is 3.93. The van der Waals surface area contributed by atoms with Crippen molar-refractivity contribution in [1.82, 2.24) is 15.5 Å². The van der Waals surface area contributed by atoms with Gasteiger partial charge in [0.1, 0.15) is 5.69 Å². The van der Waals surface area contributed by atoms with Crippen molar-refractivity contribution in [3.05, 3.63) is 47.7 Å². The van der Waals surface area contributed by atoms with Crippen molar-refractivity contribution in [3.8, 4) is 11.3 Å². The molecule has 3 rings (SSSR count). The summed E-state index contributed by atoms with van der Waals surface area (Å²) in [5.41, 5.74) is 6.02. The van der Waals surface area contributed by atoms with Crippen molar-refractivity contribution in [2.24, 2.45) is 0 Å². The Bertz CT molecular complexity index is 743. The number of amides is 2. The van der Waals surface area contributed by atoms with Crippen molar-refractivity contribution in [3.63, 3.8) is 0 Å². The van der Waals surface area contributed by atoms with Gasteiger partial charge in [-0.3, -0.25) is 5.10 Å². The standard InChI is InChI=1S/C18H22N4O/c1-4-9-19-18(23)20-17-15(13-6-7-13)21-22-16(17)14-8-5-11(2)10-12(14)3/h4-5,8,10,13H,1,6-7,9H2,2-3H3,(H,21,22)(H2,19,20,23). The Morgan fingerprint density at radius 2 is 2.22 bits per heavy atom. The number of H-pyrrole nitrogens is 1. The van der Waals surface area contributed by atoms with E-state index in [4.69, 9.17) is 0 Å². The molecule has 23 heavy (non-hydrogen) atoms. The second kappa shape index (κ2) is 6.28. The molecule has 0 bridgehead atoms. The van der Waals surface area contributed by atoms with E-state index in [1.54, 1.807) is 6.08 Å². The number of hydrogen-bond acceptors (Lipinski definition) is 2. The van der Waals surface area contributed by atoms with Gasteiger partial charge in [0.2, 0.25) is 0 Å². The maximum absolute atomic E-state index is 12.1. The van der Waals surface area contributed by atoms with E-state index in [1.165, 1.54) is 5.56 Å². The number of hydrogen-bond donors (Lipinski definition) is 3. The van der Waals surface area contributed by atoms with Crippen LogP contribution in [0.25, 0.3) is 11.3 Å². The Hall–Kier alpha value is -2.56. The van der Waals surface area contributed by atoms with Crippen molar-refractivity contribution in [2.75, 3.05) is 11.9 Å². The molecule has 2 amide bonds. The number of nitrogens with one attached hydrogen (secondary N) is 3. The first-order chi connectivity index (χ1) is 11.1. The highest BCUT2D eigenvalue weighted by molar-refractivity contribution is 5.95. The smallest absolute Gasteiger partial charge is 0.319 e. The van der Waals surface area contributed by atoms with E-state index in [2.05, 4.69) is 59.5 Å². The van der Waals surface area contributed by atoms with Gasteiger partial charge in [0.05, 0.1) is 11.4 Å². The molecule has 1 saturated carbocycles. The molecule has 1 aromatic heterocycles. The Labute approximate surface area is 136 Å². The maximum atomic E-state index is 12.1. The second-order valence-corrected chi connectivity index (χ2v) is 6.08. The van der Waals surface area contributed by atoms with E-state index >= 15 is 0 Å². The Morgan fingerprint density at radius 3 is 2.87 bits per heavy atom. The van der Waals surface area contributed by atoms with Crippen LogP contribution in [-0.2, 0) is 0 Å². The van der Waals surface area contributed by atoms with Gasteiger partial charge in [0.15, 0.2) is 0 Å². The van der Waals surface area contributed by atoms with Gasteiger partial charge in [-0.15, -0.1) is 6.58 Å². The van der Waals surface area contributed by atoms with Crippen LogP contribution < -0.4 is 10.6 Å². The summed E-state index contributed by atoms with van der Waals surface area (Å²) in [6.45, 7) is 8.17. The number of aromatic nitrogens is 2. The van der Waals surface area contributed by atoms with Gasteiger partial charge < -0.3 is 10.6 Å². The third kappa shape index (κ3) is 3.28. The predicted octanol–water partition coefficient (Wildman–Crippen LogP) is 3.88. The first-order valence-electron chi connectivity index (χ1n) is 7.91. The van der Waals surface area contributed by atoms with Crippen LogP contribution in [0.15, 0.2) is 30.9 Å². The van der Waals surface area contributed by atoms with E-state index in [1.807, 2.05) is 0 Å². The summed E-state index contributed by atoms with van der Waals surface area (Å²) in [7, 11) is 0. The summed E-state index contributed by atoms with van der Waals surface area (Å²) >= 11 is 0. The zero-order chi connectivity index (χ0) is 16.4. The maximum Gasteiger partial charge on any atom is 0.319 e. The van der Waals surface area contributed by atoms with Gasteiger partial charge in [-0.25, -0.2) is 4.79 Å². The molecule has 2 aromatic rings. The molecule has 1 aliphatic carbocycles. The molecule has 0 unspecified atom stereocenters. The molecule has 0 saturated heterocycles. The quantitative estimate of drug-likeness (QED) is 0.734. The minimum absolute atomic E-state index is 0.237. The predicted molar refractivity (Wildman–Crippen MR) is 92.7 cm³/mol. The minimum atomic E-state index is -0.237. The molecule has 1 aromatic carbocycles. The molecule has 3 N–H and O–H groups in total. The number of benzene rings is 1. The van der Waals surface area contributed by atoms with Crippen LogP contribution in [0.3, 0.4) is 0 Å². The van der Waals surface area contributed by atoms with E-state index in [0.29, 0.717) is 12.5 Å². The zero-order valence-electron chi connectivity index (χ0n) is 13.6. The topological polar surface area (TPSA) is 69.8 Å². The van der Waals surface area contributed by atoms with Crippen LogP contribution in [0, 0.1) is 13.8 Å². The highest BCUT2D eigenvalue weighted by Gasteiger charge is 2.31. The average Bonchev–Trinajstić information content (AvgIpc) is 3.28. The molecule has 1 fully saturated rings. The number of carbonyl (C=O) groups excluding carboxylic acids is 1. The SMILES string of the molecule is C=CCNC(=O)Nc1c(-c2ccc(C)cc2C)n[nH]c1C1CC1. The Morgan fingerprint density at radius 1 is 1.43 bits per heavy atom. The largest absolute Gasteiger partial charge is 0.334 e. The fourth-order valence-electron chi connectivity index (χ4n) is 2.75. The number of aromatic amines is 1. The normalized spacial score (nSPS) is 13.7. The highest BCUT2D eigenvalue weighted by atomic mass is 16.2. The summed E-state index contributed by atoms with van der Waals surface area (Å²) in [6, 6.07) is 6.02. The molecule has 0 spiro atoms. The van der Waals surface area contributed by atoms with E-state index < -0.39 is 0 Å². The van der Waals surface area contributed by atoms with Crippen LogP contribution in [0.4, 0.5) is 10.5 Å². The van der Waals surface area contributed by atoms with Gasteiger partial charge in [-0.05, 0) is 32.3 Å². The number of aryl methyl sites for hydroxylation is 2. The lowest BCUT2D eigenvalue weighted by atomic mass is 10.0. The fourth-order valence-corrected chi connectivity index (χ4v) is 2.75. The van der Waals surface area contributed by atoms with Gasteiger partial charge in [0, 0.05) is 18.0 Å². The molecule has 1 aliphatic rings. The second-order valence-electron chi connectivity index (χ2n) is 6.08. The third-order valence-corrected chi connectivity index (χ3v) is 4.06. The molecular formula is C18H22N4O. The average molecular weight is 310 g/mol.